The van der Waals surface area contributed by atoms with E-state index in [4.69, 9.17) is 21.6 Å². The minimum absolute atomic E-state index is 0.280. The Labute approximate surface area is 129 Å². The zero-order chi connectivity index (χ0) is 15.3. The highest BCUT2D eigenvalue weighted by molar-refractivity contribution is 6.30. The predicted molar refractivity (Wildman–Crippen MR) is 82.4 cm³/mol. The Morgan fingerprint density at radius 3 is 2.52 bits per heavy atom. The van der Waals surface area contributed by atoms with E-state index in [1.165, 1.54) is 0 Å². The van der Waals surface area contributed by atoms with Crippen molar-refractivity contribution in [3.8, 4) is 17.6 Å². The van der Waals surface area contributed by atoms with Crippen LogP contribution in [0.4, 0.5) is 0 Å². The third-order valence-corrected chi connectivity index (χ3v) is 3.48. The molecule has 1 N–H and O–H groups in total. The van der Waals surface area contributed by atoms with E-state index in [9.17, 15) is 5.11 Å². The molecule has 0 aliphatic rings. The van der Waals surface area contributed by atoms with E-state index in [0.29, 0.717) is 28.5 Å². The average Bonchev–Trinajstić information content (AvgIpc) is 2.48. The summed E-state index contributed by atoms with van der Waals surface area (Å²) in [5.74, 6) is 1.21. The first kappa shape index (κ1) is 15.4. The fourth-order valence-corrected chi connectivity index (χ4v) is 2.19. The van der Waals surface area contributed by atoms with Crippen LogP contribution in [0.3, 0.4) is 0 Å². The molecule has 0 aromatic heterocycles. The van der Waals surface area contributed by atoms with Gasteiger partial charge >= 0.3 is 0 Å². The van der Waals surface area contributed by atoms with Crippen molar-refractivity contribution in [3.63, 3.8) is 0 Å². The summed E-state index contributed by atoms with van der Waals surface area (Å²) in [7, 11) is 0. The van der Waals surface area contributed by atoms with Crippen LogP contribution in [0.15, 0.2) is 48.5 Å². The summed E-state index contributed by atoms with van der Waals surface area (Å²) >= 11 is 5.85. The van der Waals surface area contributed by atoms with Crippen molar-refractivity contribution in [2.75, 3.05) is 0 Å². The zero-order valence-electron chi connectivity index (χ0n) is 11.7. The maximum absolute atomic E-state index is 10.6. The highest BCUT2D eigenvalue weighted by atomic mass is 35.5. The highest BCUT2D eigenvalue weighted by Crippen LogP contribution is 2.35. The van der Waals surface area contributed by atoms with E-state index in [1.807, 2.05) is 18.2 Å². The molecule has 108 valence electrons. The Morgan fingerprint density at radius 2 is 1.86 bits per heavy atom. The summed E-state index contributed by atoms with van der Waals surface area (Å²) in [5.41, 5.74) is -0.450. The molecule has 0 radical (unpaired) electrons. The molecule has 0 amide bonds. The van der Waals surface area contributed by atoms with Gasteiger partial charge in [-0.25, -0.2) is 0 Å². The quantitative estimate of drug-likeness (QED) is 0.875. The van der Waals surface area contributed by atoms with E-state index < -0.39 is 5.60 Å². The molecule has 2 aromatic carbocycles. The SMILES string of the molecule is CC(O)(CCC#N)c1ccccc1Oc1ccc(Cl)cc1. The Kier molecular flexibility index (Phi) is 4.85. The number of nitrogens with zero attached hydrogens (tertiary/aromatic N) is 1. The van der Waals surface area contributed by atoms with Crippen LogP contribution in [-0.4, -0.2) is 5.11 Å². The molecule has 3 nitrogen and oxygen atoms in total. The van der Waals surface area contributed by atoms with Gasteiger partial charge in [0, 0.05) is 17.0 Å². The normalized spacial score (nSPS) is 13.2. The van der Waals surface area contributed by atoms with Crippen LogP contribution < -0.4 is 4.74 Å². The van der Waals surface area contributed by atoms with Gasteiger partial charge in [0.2, 0.25) is 0 Å². The zero-order valence-corrected chi connectivity index (χ0v) is 12.5. The van der Waals surface area contributed by atoms with Gasteiger partial charge in [0.05, 0.1) is 11.7 Å². The second-order valence-corrected chi connectivity index (χ2v) is 5.42. The van der Waals surface area contributed by atoms with Crippen molar-refractivity contribution in [3.05, 3.63) is 59.1 Å². The number of ether oxygens (including phenoxy) is 1. The molecular weight excluding hydrogens is 286 g/mol. The standard InChI is InChI=1S/C17H16ClNO2/c1-17(20,11-4-12-19)15-5-2-3-6-16(15)21-14-9-7-13(18)8-10-14/h2-3,5-10,20H,4,11H2,1H3. The van der Waals surface area contributed by atoms with Crippen molar-refractivity contribution in [2.24, 2.45) is 0 Å². The van der Waals surface area contributed by atoms with Crippen molar-refractivity contribution in [2.45, 2.75) is 25.4 Å². The van der Waals surface area contributed by atoms with Crippen LogP contribution in [0.1, 0.15) is 25.3 Å². The fraction of sp³-hybridized carbons (Fsp3) is 0.235. The molecule has 1 unspecified atom stereocenters. The minimum Gasteiger partial charge on any atom is -0.457 e. The maximum atomic E-state index is 10.6. The third-order valence-electron chi connectivity index (χ3n) is 3.23. The Morgan fingerprint density at radius 1 is 1.19 bits per heavy atom. The van der Waals surface area contributed by atoms with E-state index in [-0.39, 0.29) is 6.42 Å². The van der Waals surface area contributed by atoms with Gasteiger partial charge < -0.3 is 9.84 Å². The fourth-order valence-electron chi connectivity index (χ4n) is 2.06. The van der Waals surface area contributed by atoms with Gasteiger partial charge in [-0.3, -0.25) is 0 Å². The average molecular weight is 302 g/mol. The second-order valence-electron chi connectivity index (χ2n) is 4.98. The van der Waals surface area contributed by atoms with E-state index in [1.54, 1.807) is 37.3 Å². The molecule has 2 rings (SSSR count). The van der Waals surface area contributed by atoms with Gasteiger partial charge in [0.25, 0.3) is 0 Å². The molecule has 1 atom stereocenters. The van der Waals surface area contributed by atoms with Gasteiger partial charge in [-0.05, 0) is 43.7 Å². The lowest BCUT2D eigenvalue weighted by atomic mass is 9.90. The molecule has 0 fully saturated rings. The number of nitriles is 1. The molecule has 0 spiro atoms. The topological polar surface area (TPSA) is 53.2 Å². The first-order chi connectivity index (χ1) is 10.0. The van der Waals surface area contributed by atoms with E-state index >= 15 is 0 Å². The molecule has 2 aromatic rings. The van der Waals surface area contributed by atoms with Gasteiger partial charge in [-0.1, -0.05) is 29.8 Å². The van der Waals surface area contributed by atoms with Crippen molar-refractivity contribution < 1.29 is 9.84 Å². The smallest absolute Gasteiger partial charge is 0.133 e. The van der Waals surface area contributed by atoms with E-state index in [0.717, 1.165) is 0 Å². The van der Waals surface area contributed by atoms with Crippen LogP contribution in [0.25, 0.3) is 0 Å². The minimum atomic E-state index is -1.11. The van der Waals surface area contributed by atoms with Gasteiger partial charge in [0.15, 0.2) is 0 Å². The first-order valence-electron chi connectivity index (χ1n) is 6.65. The van der Waals surface area contributed by atoms with Gasteiger partial charge in [0.1, 0.15) is 11.5 Å². The summed E-state index contributed by atoms with van der Waals surface area (Å²) in [5, 5.41) is 19.9. The number of aliphatic hydroxyl groups is 1. The largest absolute Gasteiger partial charge is 0.457 e. The van der Waals surface area contributed by atoms with E-state index in [2.05, 4.69) is 6.07 Å². The second kappa shape index (κ2) is 6.62. The summed E-state index contributed by atoms with van der Waals surface area (Å²) in [6.45, 7) is 1.69. The summed E-state index contributed by atoms with van der Waals surface area (Å²) in [6.07, 6.45) is 0.632. The monoisotopic (exact) mass is 301 g/mol. The molecule has 0 saturated carbocycles. The van der Waals surface area contributed by atoms with Crippen molar-refractivity contribution in [1.29, 1.82) is 5.26 Å². The lowest BCUT2D eigenvalue weighted by Crippen LogP contribution is -2.21. The van der Waals surface area contributed by atoms with Crippen LogP contribution in [0.5, 0.6) is 11.5 Å². The lowest BCUT2D eigenvalue weighted by molar-refractivity contribution is 0.0472. The molecule has 4 heteroatoms. The number of hydrogen-bond acceptors (Lipinski definition) is 3. The summed E-state index contributed by atoms with van der Waals surface area (Å²) in [4.78, 5) is 0. The molecular formula is C17H16ClNO2. The number of benzene rings is 2. The van der Waals surface area contributed by atoms with Gasteiger partial charge in [-0.15, -0.1) is 0 Å². The predicted octanol–water partition coefficient (Wildman–Crippen LogP) is 4.64. The first-order valence-corrected chi connectivity index (χ1v) is 7.03. The van der Waals surface area contributed by atoms with Crippen LogP contribution in [0, 0.1) is 11.3 Å². The van der Waals surface area contributed by atoms with Crippen LogP contribution in [0.2, 0.25) is 5.02 Å². The molecule has 0 aliphatic heterocycles. The molecule has 21 heavy (non-hydrogen) atoms. The van der Waals surface area contributed by atoms with Gasteiger partial charge in [-0.2, -0.15) is 5.26 Å². The number of rotatable bonds is 5. The van der Waals surface area contributed by atoms with Crippen LogP contribution >= 0.6 is 11.6 Å². The Balaban J connectivity index is 2.28. The van der Waals surface area contributed by atoms with Crippen LogP contribution in [-0.2, 0) is 5.60 Å². The van der Waals surface area contributed by atoms with Crippen molar-refractivity contribution >= 4 is 11.6 Å². The van der Waals surface area contributed by atoms with Crippen molar-refractivity contribution in [1.82, 2.24) is 0 Å². The Bertz CT molecular complexity index is 645. The molecule has 0 bridgehead atoms. The summed E-state index contributed by atoms with van der Waals surface area (Å²) < 4.78 is 5.83. The molecule has 0 saturated heterocycles. The lowest BCUT2D eigenvalue weighted by Gasteiger charge is -2.25. The Hall–Kier alpha value is -2.02. The number of halogens is 1. The summed E-state index contributed by atoms with van der Waals surface area (Å²) in [6, 6.07) is 16.4. The number of para-hydroxylation sites is 1. The molecule has 0 heterocycles. The maximum Gasteiger partial charge on any atom is 0.133 e. The number of hydrogen-bond donors (Lipinski definition) is 1. The third kappa shape index (κ3) is 3.98. The molecule has 0 aliphatic carbocycles. The highest BCUT2D eigenvalue weighted by Gasteiger charge is 2.26.